The first-order valence-electron chi connectivity index (χ1n) is 7.11. The van der Waals surface area contributed by atoms with E-state index in [4.69, 9.17) is 5.26 Å². The molecule has 102 valence electrons. The summed E-state index contributed by atoms with van der Waals surface area (Å²) < 4.78 is 0. The molecule has 1 aromatic carbocycles. The van der Waals surface area contributed by atoms with Crippen LogP contribution in [0.3, 0.4) is 0 Å². The van der Waals surface area contributed by atoms with E-state index in [-0.39, 0.29) is 6.10 Å². The molecule has 0 bridgehead atoms. The molecule has 1 aliphatic carbocycles. The van der Waals surface area contributed by atoms with Crippen LogP contribution in [0.5, 0.6) is 0 Å². The number of nitriles is 1. The molecule has 0 radical (unpaired) electrons. The lowest BCUT2D eigenvalue weighted by Crippen LogP contribution is -2.36. The number of aliphatic hydroxyl groups excluding tert-OH is 1. The Hall–Kier alpha value is -1.37. The fourth-order valence-corrected chi connectivity index (χ4v) is 2.86. The van der Waals surface area contributed by atoms with Gasteiger partial charge in [-0.25, -0.2) is 0 Å². The van der Waals surface area contributed by atoms with E-state index in [1.807, 2.05) is 18.2 Å². The molecular formula is C16H22N2O. The van der Waals surface area contributed by atoms with E-state index >= 15 is 0 Å². The van der Waals surface area contributed by atoms with Crippen molar-refractivity contribution in [2.75, 3.05) is 13.1 Å². The van der Waals surface area contributed by atoms with Crippen molar-refractivity contribution in [3.8, 4) is 6.07 Å². The highest BCUT2D eigenvalue weighted by atomic mass is 16.3. The van der Waals surface area contributed by atoms with E-state index in [0.29, 0.717) is 12.5 Å². The van der Waals surface area contributed by atoms with Crippen LogP contribution in [-0.4, -0.2) is 29.2 Å². The Labute approximate surface area is 115 Å². The largest absolute Gasteiger partial charge is 0.393 e. The lowest BCUT2D eigenvalue weighted by molar-refractivity contribution is 0.0475. The number of hydrogen-bond acceptors (Lipinski definition) is 3. The molecule has 2 rings (SSSR count). The van der Waals surface area contributed by atoms with Crippen LogP contribution in [0, 0.1) is 17.2 Å². The Morgan fingerprint density at radius 2 is 1.95 bits per heavy atom. The van der Waals surface area contributed by atoms with Gasteiger partial charge in [-0.3, -0.25) is 4.90 Å². The molecule has 1 saturated carbocycles. The summed E-state index contributed by atoms with van der Waals surface area (Å²) in [5, 5.41) is 19.0. The van der Waals surface area contributed by atoms with Crippen molar-refractivity contribution in [2.24, 2.45) is 5.92 Å². The lowest BCUT2D eigenvalue weighted by atomic mass is 9.86. The Morgan fingerprint density at radius 1 is 1.21 bits per heavy atom. The minimum Gasteiger partial charge on any atom is -0.393 e. The fourth-order valence-electron chi connectivity index (χ4n) is 2.86. The van der Waals surface area contributed by atoms with E-state index in [1.165, 1.54) is 12.0 Å². The number of nitrogens with zero attached hydrogens (tertiary/aromatic N) is 2. The van der Waals surface area contributed by atoms with Gasteiger partial charge in [0.1, 0.15) is 0 Å². The number of rotatable bonds is 5. The Bertz CT molecular complexity index is 413. The molecule has 1 N–H and O–H groups in total. The summed E-state index contributed by atoms with van der Waals surface area (Å²) in [6.07, 6.45) is 4.14. The van der Waals surface area contributed by atoms with Crippen LogP contribution in [0.2, 0.25) is 0 Å². The van der Waals surface area contributed by atoms with Crippen molar-refractivity contribution in [1.82, 2.24) is 4.90 Å². The molecule has 2 unspecified atom stereocenters. The summed E-state index contributed by atoms with van der Waals surface area (Å²) in [4.78, 5) is 2.15. The summed E-state index contributed by atoms with van der Waals surface area (Å²) in [5.74, 6) is 0.325. The normalized spacial score (nSPS) is 23.2. The third kappa shape index (κ3) is 4.34. The Balaban J connectivity index is 1.94. The molecule has 1 aliphatic rings. The molecule has 0 saturated heterocycles. The van der Waals surface area contributed by atoms with Gasteiger partial charge < -0.3 is 5.11 Å². The molecule has 0 amide bonds. The van der Waals surface area contributed by atoms with Gasteiger partial charge in [0.2, 0.25) is 0 Å². The monoisotopic (exact) mass is 258 g/mol. The van der Waals surface area contributed by atoms with Gasteiger partial charge in [-0.05, 0) is 24.3 Å². The van der Waals surface area contributed by atoms with Gasteiger partial charge in [0, 0.05) is 13.1 Å². The molecule has 0 heterocycles. The molecule has 3 heteroatoms. The second-order valence-corrected chi connectivity index (χ2v) is 5.43. The lowest BCUT2D eigenvalue weighted by Gasteiger charge is -2.32. The first-order valence-corrected chi connectivity index (χ1v) is 7.11. The minimum atomic E-state index is -0.189. The zero-order valence-corrected chi connectivity index (χ0v) is 11.3. The molecule has 0 aliphatic heterocycles. The van der Waals surface area contributed by atoms with Gasteiger partial charge in [-0.1, -0.05) is 43.2 Å². The number of hydrogen-bond donors (Lipinski definition) is 1. The second-order valence-electron chi connectivity index (χ2n) is 5.43. The Kier molecular flexibility index (Phi) is 5.38. The fraction of sp³-hybridized carbons (Fsp3) is 0.562. The quantitative estimate of drug-likeness (QED) is 0.826. The summed E-state index contributed by atoms with van der Waals surface area (Å²) in [5.41, 5.74) is 1.23. The predicted octanol–water partition coefficient (Wildman–Crippen LogP) is 2.56. The van der Waals surface area contributed by atoms with Gasteiger partial charge >= 0.3 is 0 Å². The van der Waals surface area contributed by atoms with Crippen molar-refractivity contribution in [3.05, 3.63) is 35.9 Å². The molecule has 19 heavy (non-hydrogen) atoms. The van der Waals surface area contributed by atoms with Crippen LogP contribution in [-0.2, 0) is 6.54 Å². The number of benzene rings is 1. The highest BCUT2D eigenvalue weighted by Gasteiger charge is 2.25. The maximum atomic E-state index is 10.0. The average molecular weight is 258 g/mol. The van der Waals surface area contributed by atoms with Crippen molar-refractivity contribution in [1.29, 1.82) is 5.26 Å². The van der Waals surface area contributed by atoms with Crippen molar-refractivity contribution >= 4 is 0 Å². The topological polar surface area (TPSA) is 47.3 Å². The maximum absolute atomic E-state index is 10.0. The zero-order chi connectivity index (χ0) is 13.5. The third-order valence-corrected chi connectivity index (χ3v) is 3.90. The minimum absolute atomic E-state index is 0.189. The zero-order valence-electron chi connectivity index (χ0n) is 11.3. The maximum Gasteiger partial charge on any atom is 0.0868 e. The van der Waals surface area contributed by atoms with Crippen molar-refractivity contribution in [3.63, 3.8) is 0 Å². The van der Waals surface area contributed by atoms with Crippen LogP contribution in [0.1, 0.15) is 31.2 Å². The summed E-state index contributed by atoms with van der Waals surface area (Å²) in [6.45, 7) is 2.04. The first kappa shape index (κ1) is 14.0. The molecule has 3 nitrogen and oxygen atoms in total. The van der Waals surface area contributed by atoms with Crippen LogP contribution in [0.4, 0.5) is 0 Å². The van der Waals surface area contributed by atoms with Gasteiger partial charge in [0.05, 0.1) is 18.7 Å². The van der Waals surface area contributed by atoms with E-state index in [2.05, 4.69) is 23.1 Å². The molecule has 0 spiro atoms. The average Bonchev–Trinajstić information content (AvgIpc) is 2.43. The van der Waals surface area contributed by atoms with Gasteiger partial charge in [-0.2, -0.15) is 5.26 Å². The molecule has 0 aromatic heterocycles. The van der Waals surface area contributed by atoms with E-state index < -0.39 is 0 Å². The van der Waals surface area contributed by atoms with E-state index in [9.17, 15) is 5.11 Å². The Morgan fingerprint density at radius 3 is 2.63 bits per heavy atom. The van der Waals surface area contributed by atoms with Crippen molar-refractivity contribution in [2.45, 2.75) is 38.3 Å². The van der Waals surface area contributed by atoms with Crippen LogP contribution < -0.4 is 0 Å². The van der Waals surface area contributed by atoms with Crippen LogP contribution >= 0.6 is 0 Å². The highest BCUT2D eigenvalue weighted by Crippen LogP contribution is 2.25. The SMILES string of the molecule is N#CCN(Cc1ccccc1)CC1CCCCC1O. The van der Waals surface area contributed by atoms with Crippen LogP contribution in [0.25, 0.3) is 0 Å². The molecular weight excluding hydrogens is 236 g/mol. The summed E-state index contributed by atoms with van der Waals surface area (Å²) in [7, 11) is 0. The molecule has 1 fully saturated rings. The standard InChI is InChI=1S/C16H22N2O/c17-10-11-18(12-14-6-2-1-3-7-14)13-15-8-4-5-9-16(15)19/h1-3,6-7,15-16,19H,4-5,8-9,11-13H2. The second kappa shape index (κ2) is 7.28. The van der Waals surface area contributed by atoms with Gasteiger partial charge in [0.25, 0.3) is 0 Å². The third-order valence-electron chi connectivity index (χ3n) is 3.90. The summed E-state index contributed by atoms with van der Waals surface area (Å²) >= 11 is 0. The summed E-state index contributed by atoms with van der Waals surface area (Å²) in [6, 6.07) is 12.5. The first-order chi connectivity index (χ1) is 9.29. The van der Waals surface area contributed by atoms with E-state index in [0.717, 1.165) is 32.4 Å². The van der Waals surface area contributed by atoms with Crippen LogP contribution in [0.15, 0.2) is 30.3 Å². The predicted molar refractivity (Wildman–Crippen MR) is 75.3 cm³/mol. The molecule has 2 atom stereocenters. The van der Waals surface area contributed by atoms with E-state index in [1.54, 1.807) is 0 Å². The van der Waals surface area contributed by atoms with Gasteiger partial charge in [0.15, 0.2) is 0 Å². The highest BCUT2D eigenvalue weighted by molar-refractivity contribution is 5.14. The van der Waals surface area contributed by atoms with Gasteiger partial charge in [-0.15, -0.1) is 0 Å². The number of aliphatic hydroxyl groups is 1. The smallest absolute Gasteiger partial charge is 0.0868 e. The molecule has 1 aromatic rings. The van der Waals surface area contributed by atoms with Crippen molar-refractivity contribution < 1.29 is 5.11 Å².